The molecule has 2 aromatic rings. The van der Waals surface area contributed by atoms with Gasteiger partial charge in [-0.15, -0.1) is 0 Å². The van der Waals surface area contributed by atoms with E-state index in [0.29, 0.717) is 25.5 Å². The van der Waals surface area contributed by atoms with Gasteiger partial charge in [-0.05, 0) is 31.5 Å². The van der Waals surface area contributed by atoms with Gasteiger partial charge in [-0.2, -0.15) is 0 Å². The van der Waals surface area contributed by atoms with Crippen LogP contribution < -0.4 is 4.74 Å². The van der Waals surface area contributed by atoms with Crippen molar-refractivity contribution >= 4 is 5.91 Å². The van der Waals surface area contributed by atoms with E-state index in [4.69, 9.17) is 9.26 Å². The molecule has 1 fully saturated rings. The lowest BCUT2D eigenvalue weighted by Gasteiger charge is -2.34. The van der Waals surface area contributed by atoms with E-state index in [1.807, 2.05) is 30.9 Å². The maximum Gasteiger partial charge on any atom is 0.292 e. The molecule has 0 N–H and O–H groups in total. The zero-order valence-corrected chi connectivity index (χ0v) is 14.2. The fourth-order valence-electron chi connectivity index (χ4n) is 2.85. The summed E-state index contributed by atoms with van der Waals surface area (Å²) in [5.74, 6) is 1.16. The summed E-state index contributed by atoms with van der Waals surface area (Å²) in [5, 5.41) is 3.78. The van der Waals surface area contributed by atoms with Crippen molar-refractivity contribution in [2.45, 2.75) is 20.4 Å². The molecule has 1 amide bonds. The summed E-state index contributed by atoms with van der Waals surface area (Å²) in [6.07, 6.45) is 0. The van der Waals surface area contributed by atoms with Gasteiger partial charge in [0, 0.05) is 38.8 Å². The third-order valence-electron chi connectivity index (χ3n) is 4.14. The molecule has 2 heterocycles. The lowest BCUT2D eigenvalue weighted by Crippen LogP contribution is -2.48. The molecule has 24 heavy (non-hydrogen) atoms. The number of piperazine rings is 1. The molecule has 0 bridgehead atoms. The molecule has 1 aromatic heterocycles. The maximum atomic E-state index is 12.3. The van der Waals surface area contributed by atoms with Crippen molar-refractivity contribution in [1.82, 2.24) is 15.0 Å². The normalized spacial score (nSPS) is 15.5. The smallest absolute Gasteiger partial charge is 0.292 e. The molecule has 0 unspecified atom stereocenters. The first-order chi connectivity index (χ1) is 11.7. The molecule has 0 spiro atoms. The van der Waals surface area contributed by atoms with E-state index in [1.165, 1.54) is 5.56 Å². The molecule has 0 aliphatic carbocycles. The van der Waals surface area contributed by atoms with Crippen molar-refractivity contribution < 1.29 is 14.1 Å². The maximum absolute atomic E-state index is 12.3. The molecule has 1 saturated heterocycles. The van der Waals surface area contributed by atoms with Gasteiger partial charge in [0.05, 0.1) is 12.3 Å². The third-order valence-corrected chi connectivity index (χ3v) is 4.14. The van der Waals surface area contributed by atoms with Crippen LogP contribution >= 0.6 is 0 Å². The first-order valence-electron chi connectivity index (χ1n) is 8.32. The molecule has 0 atom stereocenters. The number of carbonyl (C=O) groups excluding carboxylic acids is 1. The van der Waals surface area contributed by atoms with Crippen LogP contribution in [-0.2, 0) is 6.54 Å². The van der Waals surface area contributed by atoms with E-state index < -0.39 is 0 Å². The van der Waals surface area contributed by atoms with Gasteiger partial charge in [0.2, 0.25) is 5.76 Å². The van der Waals surface area contributed by atoms with Gasteiger partial charge in [-0.1, -0.05) is 17.3 Å². The van der Waals surface area contributed by atoms with E-state index in [1.54, 1.807) is 6.07 Å². The van der Waals surface area contributed by atoms with Crippen LogP contribution in [-0.4, -0.2) is 53.6 Å². The molecule has 1 aliphatic heterocycles. The largest absolute Gasteiger partial charge is 0.494 e. The number of aryl methyl sites for hydroxylation is 1. The minimum atomic E-state index is -0.0729. The lowest BCUT2D eigenvalue weighted by atomic mass is 10.2. The number of rotatable bonds is 5. The van der Waals surface area contributed by atoms with Crippen LogP contribution in [0, 0.1) is 6.92 Å². The molecule has 0 radical (unpaired) electrons. The van der Waals surface area contributed by atoms with Crippen molar-refractivity contribution in [3.63, 3.8) is 0 Å². The monoisotopic (exact) mass is 329 g/mol. The van der Waals surface area contributed by atoms with Gasteiger partial charge in [0.15, 0.2) is 0 Å². The Kier molecular flexibility index (Phi) is 5.15. The van der Waals surface area contributed by atoms with E-state index in [-0.39, 0.29) is 5.91 Å². The second-order valence-electron chi connectivity index (χ2n) is 5.98. The van der Waals surface area contributed by atoms with E-state index >= 15 is 0 Å². The minimum Gasteiger partial charge on any atom is -0.494 e. The second-order valence-corrected chi connectivity index (χ2v) is 5.98. The molecule has 6 nitrogen and oxygen atoms in total. The van der Waals surface area contributed by atoms with Gasteiger partial charge in [0.1, 0.15) is 5.75 Å². The van der Waals surface area contributed by atoms with Crippen molar-refractivity contribution in [2.75, 3.05) is 32.8 Å². The highest BCUT2D eigenvalue weighted by Crippen LogP contribution is 2.15. The minimum absolute atomic E-state index is 0.0729. The SMILES string of the molecule is CCOc1ccc(CN2CCN(C(=O)c3cc(C)no3)CC2)cc1. The number of hydrogen-bond acceptors (Lipinski definition) is 5. The van der Waals surface area contributed by atoms with Crippen LogP contribution in [0.5, 0.6) is 5.75 Å². The molecule has 6 heteroatoms. The topological polar surface area (TPSA) is 58.8 Å². The summed E-state index contributed by atoms with van der Waals surface area (Å²) < 4.78 is 10.5. The average molecular weight is 329 g/mol. The molecular formula is C18H23N3O3. The summed E-state index contributed by atoms with van der Waals surface area (Å²) in [7, 11) is 0. The van der Waals surface area contributed by atoms with Crippen LogP contribution in [0.3, 0.4) is 0 Å². The van der Waals surface area contributed by atoms with Gasteiger partial charge in [-0.25, -0.2) is 0 Å². The van der Waals surface area contributed by atoms with E-state index in [0.717, 1.165) is 31.1 Å². The Morgan fingerprint density at radius 2 is 1.92 bits per heavy atom. The summed E-state index contributed by atoms with van der Waals surface area (Å²) in [5.41, 5.74) is 1.98. The summed E-state index contributed by atoms with van der Waals surface area (Å²) >= 11 is 0. The van der Waals surface area contributed by atoms with Crippen LogP contribution in [0.4, 0.5) is 0 Å². The van der Waals surface area contributed by atoms with Gasteiger partial charge >= 0.3 is 0 Å². The zero-order valence-electron chi connectivity index (χ0n) is 14.2. The molecule has 1 aliphatic rings. The van der Waals surface area contributed by atoms with Crippen molar-refractivity contribution in [2.24, 2.45) is 0 Å². The Labute approximate surface area is 142 Å². The predicted octanol–water partition coefficient (Wildman–Crippen LogP) is 2.34. The summed E-state index contributed by atoms with van der Waals surface area (Å²) in [4.78, 5) is 16.5. The summed E-state index contributed by atoms with van der Waals surface area (Å²) in [6, 6.07) is 9.89. The Hall–Kier alpha value is -2.34. The number of benzene rings is 1. The van der Waals surface area contributed by atoms with Gasteiger partial charge in [0.25, 0.3) is 5.91 Å². The van der Waals surface area contributed by atoms with Crippen molar-refractivity contribution in [1.29, 1.82) is 0 Å². The molecule has 0 saturated carbocycles. The standard InChI is InChI=1S/C18H23N3O3/c1-3-23-16-6-4-15(5-7-16)13-20-8-10-21(11-9-20)18(22)17-12-14(2)19-24-17/h4-7,12H,3,8-11,13H2,1-2H3. The van der Waals surface area contributed by atoms with Crippen LogP contribution in [0.15, 0.2) is 34.9 Å². The number of carbonyl (C=O) groups is 1. The predicted molar refractivity (Wildman–Crippen MR) is 90.0 cm³/mol. The molecule has 3 rings (SSSR count). The molecular weight excluding hydrogens is 306 g/mol. The van der Waals surface area contributed by atoms with Gasteiger partial charge < -0.3 is 14.2 Å². The fourth-order valence-corrected chi connectivity index (χ4v) is 2.85. The van der Waals surface area contributed by atoms with Gasteiger partial charge in [-0.3, -0.25) is 9.69 Å². The highest BCUT2D eigenvalue weighted by atomic mass is 16.5. The molecule has 1 aromatic carbocycles. The molecule has 128 valence electrons. The van der Waals surface area contributed by atoms with Crippen LogP contribution in [0.2, 0.25) is 0 Å². The van der Waals surface area contributed by atoms with E-state index in [9.17, 15) is 4.79 Å². The quantitative estimate of drug-likeness (QED) is 0.843. The number of nitrogens with zero attached hydrogens (tertiary/aromatic N) is 3. The summed E-state index contributed by atoms with van der Waals surface area (Å²) in [6.45, 7) is 8.48. The van der Waals surface area contributed by atoms with Crippen molar-refractivity contribution in [3.8, 4) is 5.75 Å². The highest BCUT2D eigenvalue weighted by molar-refractivity contribution is 5.91. The third kappa shape index (κ3) is 3.94. The fraction of sp³-hybridized carbons (Fsp3) is 0.444. The van der Waals surface area contributed by atoms with Crippen LogP contribution in [0.25, 0.3) is 0 Å². The number of aromatic nitrogens is 1. The Morgan fingerprint density at radius 3 is 2.50 bits per heavy atom. The zero-order chi connectivity index (χ0) is 16.9. The van der Waals surface area contributed by atoms with Crippen molar-refractivity contribution in [3.05, 3.63) is 47.3 Å². The average Bonchev–Trinajstić information content (AvgIpc) is 3.03. The second kappa shape index (κ2) is 7.49. The number of ether oxygens (including phenoxy) is 1. The number of amides is 1. The van der Waals surface area contributed by atoms with Crippen LogP contribution in [0.1, 0.15) is 28.7 Å². The first-order valence-corrected chi connectivity index (χ1v) is 8.32. The Bertz CT molecular complexity index is 673. The Balaban J connectivity index is 1.50. The highest BCUT2D eigenvalue weighted by Gasteiger charge is 2.24. The number of hydrogen-bond donors (Lipinski definition) is 0. The Morgan fingerprint density at radius 1 is 1.21 bits per heavy atom. The first kappa shape index (κ1) is 16.5. The lowest BCUT2D eigenvalue weighted by molar-refractivity contribution is 0.0588. The van der Waals surface area contributed by atoms with E-state index in [2.05, 4.69) is 22.2 Å².